The lowest BCUT2D eigenvalue weighted by atomic mass is 9.94. The van der Waals surface area contributed by atoms with Gasteiger partial charge in [-0.2, -0.15) is 5.10 Å². The Labute approximate surface area is 209 Å². The molecule has 8 nitrogen and oxygen atoms in total. The Hall–Kier alpha value is -3.72. The molecule has 2 aliphatic rings. The van der Waals surface area contributed by atoms with E-state index < -0.39 is 5.82 Å². The fraction of sp³-hybridized carbons (Fsp3) is 0.370. The number of hydrogen-bond donors (Lipinski definition) is 3. The highest BCUT2D eigenvalue weighted by atomic mass is 19.1. The first kappa shape index (κ1) is 24.0. The van der Waals surface area contributed by atoms with Crippen LogP contribution >= 0.6 is 0 Å². The van der Waals surface area contributed by atoms with Crippen molar-refractivity contribution in [1.82, 2.24) is 20.4 Å². The molecule has 0 bridgehead atoms. The van der Waals surface area contributed by atoms with Gasteiger partial charge in [-0.05, 0) is 68.6 Å². The van der Waals surface area contributed by atoms with Gasteiger partial charge in [-0.25, -0.2) is 4.39 Å². The smallest absolute Gasteiger partial charge is 0.258 e. The Balaban J connectivity index is 1.32. The van der Waals surface area contributed by atoms with Gasteiger partial charge in [-0.3, -0.25) is 14.3 Å². The van der Waals surface area contributed by atoms with Crippen molar-refractivity contribution in [2.45, 2.75) is 39.3 Å². The standard InChI is InChI=1S/C27H31FN6O2/c1-17-3-6-24-23(11-17)32-26-21(15-31-33(26)2)16-34(24)27(36)19-4-5-20(22(28)13-19)14-30-25(35)12-18-7-9-29-10-8-18/h3-6,11,13,15,18,29,32H,7-10,12,14,16H2,1-2H3,(H,30,35). The molecular weight excluding hydrogens is 459 g/mol. The maximum absolute atomic E-state index is 15.0. The zero-order chi connectivity index (χ0) is 25.2. The lowest BCUT2D eigenvalue weighted by Crippen LogP contribution is -2.32. The molecule has 1 aromatic heterocycles. The normalized spacial score (nSPS) is 15.5. The van der Waals surface area contributed by atoms with Crippen LogP contribution < -0.4 is 20.9 Å². The van der Waals surface area contributed by atoms with Crippen molar-refractivity contribution in [3.05, 3.63) is 70.7 Å². The maximum atomic E-state index is 15.0. The summed E-state index contributed by atoms with van der Waals surface area (Å²) in [6.07, 6.45) is 4.15. The molecule has 36 heavy (non-hydrogen) atoms. The zero-order valence-corrected chi connectivity index (χ0v) is 20.6. The molecule has 3 aromatic rings. The highest BCUT2D eigenvalue weighted by Gasteiger charge is 2.27. The second-order valence-electron chi connectivity index (χ2n) is 9.66. The van der Waals surface area contributed by atoms with E-state index in [2.05, 4.69) is 21.0 Å². The quantitative estimate of drug-likeness (QED) is 0.506. The van der Waals surface area contributed by atoms with Crippen molar-refractivity contribution in [1.29, 1.82) is 0 Å². The summed E-state index contributed by atoms with van der Waals surface area (Å²) in [7, 11) is 1.85. The number of carbonyl (C=O) groups excluding carboxylic acids is 2. The molecule has 3 heterocycles. The molecule has 5 rings (SSSR count). The summed E-state index contributed by atoms with van der Waals surface area (Å²) in [5.41, 5.74) is 4.03. The molecule has 0 spiro atoms. The van der Waals surface area contributed by atoms with Crippen LogP contribution in [0.15, 0.2) is 42.6 Å². The molecule has 9 heteroatoms. The third kappa shape index (κ3) is 4.97. The highest BCUT2D eigenvalue weighted by Crippen LogP contribution is 2.37. The van der Waals surface area contributed by atoms with Gasteiger partial charge in [0, 0.05) is 36.7 Å². The summed E-state index contributed by atoms with van der Waals surface area (Å²) >= 11 is 0. The summed E-state index contributed by atoms with van der Waals surface area (Å²) in [6.45, 7) is 4.26. The number of aryl methyl sites for hydroxylation is 2. The van der Waals surface area contributed by atoms with Crippen LogP contribution in [0.3, 0.4) is 0 Å². The van der Waals surface area contributed by atoms with Gasteiger partial charge < -0.3 is 20.9 Å². The summed E-state index contributed by atoms with van der Waals surface area (Å²) in [5.74, 6) is 0.295. The van der Waals surface area contributed by atoms with E-state index in [0.717, 1.165) is 54.3 Å². The van der Waals surface area contributed by atoms with Gasteiger partial charge in [0.2, 0.25) is 5.91 Å². The Morgan fingerprint density at radius 2 is 1.97 bits per heavy atom. The number of halogens is 1. The molecule has 188 valence electrons. The number of fused-ring (bicyclic) bond motifs is 2. The molecule has 0 aliphatic carbocycles. The number of rotatable bonds is 5. The molecule has 2 aliphatic heterocycles. The zero-order valence-electron chi connectivity index (χ0n) is 20.6. The molecule has 2 amide bonds. The third-order valence-corrected chi connectivity index (χ3v) is 6.99. The highest BCUT2D eigenvalue weighted by molar-refractivity contribution is 6.08. The van der Waals surface area contributed by atoms with Crippen LogP contribution in [0.2, 0.25) is 0 Å². The Bertz CT molecular complexity index is 1300. The van der Waals surface area contributed by atoms with Gasteiger partial charge in [0.25, 0.3) is 5.91 Å². The first-order valence-electron chi connectivity index (χ1n) is 12.4. The lowest BCUT2D eigenvalue weighted by Gasteiger charge is -2.23. The first-order valence-corrected chi connectivity index (χ1v) is 12.4. The second kappa shape index (κ2) is 10.1. The van der Waals surface area contributed by atoms with Crippen LogP contribution in [0, 0.1) is 18.7 Å². The van der Waals surface area contributed by atoms with Gasteiger partial charge in [0.1, 0.15) is 11.6 Å². The van der Waals surface area contributed by atoms with Crippen molar-refractivity contribution in [3.63, 3.8) is 0 Å². The van der Waals surface area contributed by atoms with E-state index in [4.69, 9.17) is 0 Å². The van der Waals surface area contributed by atoms with Crippen LogP contribution in [-0.4, -0.2) is 34.7 Å². The number of hydrogen-bond acceptors (Lipinski definition) is 5. The minimum absolute atomic E-state index is 0.0716. The average molecular weight is 491 g/mol. The van der Waals surface area contributed by atoms with Crippen LogP contribution in [0.5, 0.6) is 0 Å². The molecular formula is C27H31FN6O2. The Kier molecular flexibility index (Phi) is 6.73. The molecule has 0 saturated carbocycles. The fourth-order valence-corrected chi connectivity index (χ4v) is 4.90. The number of anilines is 3. The van der Waals surface area contributed by atoms with Crippen LogP contribution in [-0.2, 0) is 24.9 Å². The Morgan fingerprint density at radius 1 is 1.17 bits per heavy atom. The van der Waals surface area contributed by atoms with E-state index in [1.807, 2.05) is 32.2 Å². The fourth-order valence-electron chi connectivity index (χ4n) is 4.90. The summed E-state index contributed by atoms with van der Waals surface area (Å²) in [6, 6.07) is 10.3. The number of carbonyl (C=O) groups is 2. The number of benzene rings is 2. The SMILES string of the molecule is Cc1ccc2c(c1)Nc1c(cnn1C)CN2C(=O)c1ccc(CNC(=O)CC2CCNCC2)c(F)c1. The van der Waals surface area contributed by atoms with E-state index in [9.17, 15) is 9.59 Å². The summed E-state index contributed by atoms with van der Waals surface area (Å²) < 4.78 is 16.7. The first-order chi connectivity index (χ1) is 17.4. The summed E-state index contributed by atoms with van der Waals surface area (Å²) in [4.78, 5) is 27.6. The molecule has 1 fully saturated rings. The third-order valence-electron chi connectivity index (χ3n) is 6.99. The largest absolute Gasteiger partial charge is 0.352 e. The van der Waals surface area contributed by atoms with Crippen LogP contribution in [0.1, 0.15) is 46.3 Å². The monoisotopic (exact) mass is 490 g/mol. The van der Waals surface area contributed by atoms with Gasteiger partial charge in [-0.1, -0.05) is 12.1 Å². The number of nitrogens with one attached hydrogen (secondary N) is 3. The number of nitrogens with zero attached hydrogens (tertiary/aromatic N) is 3. The van der Waals surface area contributed by atoms with Crippen molar-refractivity contribution >= 4 is 29.0 Å². The summed E-state index contributed by atoms with van der Waals surface area (Å²) in [5, 5.41) is 13.8. The molecule has 2 aromatic carbocycles. The lowest BCUT2D eigenvalue weighted by molar-refractivity contribution is -0.122. The minimum atomic E-state index is -0.512. The van der Waals surface area contributed by atoms with Crippen molar-refractivity contribution < 1.29 is 14.0 Å². The van der Waals surface area contributed by atoms with Gasteiger partial charge in [0.05, 0.1) is 24.1 Å². The molecule has 0 atom stereocenters. The molecule has 1 saturated heterocycles. The van der Waals surface area contributed by atoms with E-state index in [1.54, 1.807) is 27.9 Å². The molecule has 3 N–H and O–H groups in total. The van der Waals surface area contributed by atoms with E-state index in [0.29, 0.717) is 24.4 Å². The maximum Gasteiger partial charge on any atom is 0.258 e. The predicted octanol–water partition coefficient (Wildman–Crippen LogP) is 3.78. The van der Waals surface area contributed by atoms with Crippen LogP contribution in [0.25, 0.3) is 0 Å². The second-order valence-corrected chi connectivity index (χ2v) is 9.66. The van der Waals surface area contributed by atoms with E-state index >= 15 is 4.39 Å². The number of piperidine rings is 1. The van der Waals surface area contributed by atoms with Gasteiger partial charge in [-0.15, -0.1) is 0 Å². The van der Waals surface area contributed by atoms with Gasteiger partial charge >= 0.3 is 0 Å². The van der Waals surface area contributed by atoms with Crippen LogP contribution in [0.4, 0.5) is 21.6 Å². The van der Waals surface area contributed by atoms with Crippen molar-refractivity contribution in [2.75, 3.05) is 23.3 Å². The van der Waals surface area contributed by atoms with Crippen molar-refractivity contribution in [3.8, 4) is 0 Å². The molecule has 0 radical (unpaired) electrons. The topological polar surface area (TPSA) is 91.3 Å². The predicted molar refractivity (Wildman–Crippen MR) is 137 cm³/mol. The van der Waals surface area contributed by atoms with Crippen molar-refractivity contribution in [2.24, 2.45) is 13.0 Å². The Morgan fingerprint density at radius 3 is 2.75 bits per heavy atom. The average Bonchev–Trinajstić information content (AvgIpc) is 3.12. The molecule has 0 unspecified atom stereocenters. The number of amides is 2. The minimum Gasteiger partial charge on any atom is -0.352 e. The van der Waals surface area contributed by atoms with E-state index in [-0.39, 0.29) is 23.9 Å². The van der Waals surface area contributed by atoms with E-state index in [1.165, 1.54) is 6.07 Å². The van der Waals surface area contributed by atoms with Gasteiger partial charge in [0.15, 0.2) is 0 Å². The number of aromatic nitrogens is 2.